The Labute approximate surface area is 295 Å². The number of ether oxygens (including phenoxy) is 2. The molecule has 0 aliphatic carbocycles. The van der Waals surface area contributed by atoms with Gasteiger partial charge in [0, 0.05) is 11.4 Å². The second kappa shape index (κ2) is 16.6. The lowest BCUT2D eigenvalue weighted by molar-refractivity contribution is -0.140. The number of rotatable bonds is 13. The summed E-state index contributed by atoms with van der Waals surface area (Å²) >= 11 is 12.9. The van der Waals surface area contributed by atoms with Gasteiger partial charge in [0.25, 0.3) is 11.8 Å². The van der Waals surface area contributed by atoms with Crippen molar-refractivity contribution >= 4 is 58.9 Å². The van der Waals surface area contributed by atoms with Gasteiger partial charge < -0.3 is 35.6 Å². The monoisotopic (exact) mass is 723 g/mol. The Bertz CT molecular complexity index is 1830. The molecule has 260 valence electrons. The first-order chi connectivity index (χ1) is 23.8. The van der Waals surface area contributed by atoms with Crippen molar-refractivity contribution in [3.8, 4) is 0 Å². The fourth-order valence-electron chi connectivity index (χ4n) is 5.29. The summed E-state index contributed by atoms with van der Waals surface area (Å²) in [6, 6.07) is 16.0. The predicted octanol–water partition coefficient (Wildman–Crippen LogP) is 4.57. The van der Waals surface area contributed by atoms with Crippen LogP contribution in [0.4, 0.5) is 0 Å². The number of dihydropyridines is 1. The van der Waals surface area contributed by atoms with Gasteiger partial charge in [0.2, 0.25) is 0 Å². The normalized spacial score (nSPS) is 12.9. The zero-order valence-electron chi connectivity index (χ0n) is 26.7. The van der Waals surface area contributed by atoms with Crippen LogP contribution in [0.25, 0.3) is 0 Å². The van der Waals surface area contributed by atoms with E-state index in [0.29, 0.717) is 17.0 Å². The maximum Gasteiger partial charge on any atom is 0.336 e. The number of amides is 2. The van der Waals surface area contributed by atoms with Crippen molar-refractivity contribution < 1.29 is 48.5 Å². The van der Waals surface area contributed by atoms with Crippen molar-refractivity contribution in [2.24, 2.45) is 0 Å². The van der Waals surface area contributed by atoms with Gasteiger partial charge in [0.1, 0.15) is 13.2 Å². The number of nitrogens with one attached hydrogen (secondary N) is 3. The summed E-state index contributed by atoms with van der Waals surface area (Å²) in [5.74, 6) is -6.71. The molecule has 15 heteroatoms. The van der Waals surface area contributed by atoms with E-state index in [-0.39, 0.29) is 69.7 Å². The summed E-state index contributed by atoms with van der Waals surface area (Å²) in [7, 11) is 0. The van der Waals surface area contributed by atoms with Crippen LogP contribution in [0.3, 0.4) is 0 Å². The van der Waals surface area contributed by atoms with E-state index in [9.17, 15) is 39.0 Å². The highest BCUT2D eigenvalue weighted by Crippen LogP contribution is 2.43. The Kier molecular flexibility index (Phi) is 12.4. The number of hydrogen-bond donors (Lipinski definition) is 5. The molecule has 0 saturated carbocycles. The van der Waals surface area contributed by atoms with Crippen molar-refractivity contribution in [3.63, 3.8) is 0 Å². The van der Waals surface area contributed by atoms with E-state index in [1.54, 1.807) is 26.0 Å². The number of carboxylic acid groups (broad SMARTS) is 2. The molecule has 50 heavy (non-hydrogen) atoms. The van der Waals surface area contributed by atoms with Gasteiger partial charge in [-0.2, -0.15) is 0 Å². The largest absolute Gasteiger partial charge is 0.478 e. The van der Waals surface area contributed by atoms with Gasteiger partial charge in [0.05, 0.1) is 62.5 Å². The minimum Gasteiger partial charge on any atom is -0.478 e. The zero-order valence-corrected chi connectivity index (χ0v) is 28.2. The van der Waals surface area contributed by atoms with E-state index < -0.39 is 41.6 Å². The highest BCUT2D eigenvalue weighted by atomic mass is 35.5. The second-order valence-corrected chi connectivity index (χ2v) is 11.5. The van der Waals surface area contributed by atoms with E-state index in [1.807, 2.05) is 0 Å². The minimum atomic E-state index is -1.27. The Morgan fingerprint density at radius 3 is 1.50 bits per heavy atom. The number of esters is 2. The van der Waals surface area contributed by atoms with E-state index in [1.165, 1.54) is 54.6 Å². The van der Waals surface area contributed by atoms with Crippen molar-refractivity contribution in [1.82, 2.24) is 16.0 Å². The topological polar surface area (TPSA) is 197 Å². The number of carbonyl (C=O) groups excluding carboxylic acids is 4. The minimum absolute atomic E-state index is 0.00727. The number of halogens is 2. The first-order valence-corrected chi connectivity index (χ1v) is 15.8. The zero-order chi connectivity index (χ0) is 36.5. The third-order valence-electron chi connectivity index (χ3n) is 7.54. The van der Waals surface area contributed by atoms with E-state index in [4.69, 9.17) is 32.7 Å². The molecule has 0 aromatic heterocycles. The lowest BCUT2D eigenvalue weighted by Crippen LogP contribution is -2.35. The Hall–Kier alpha value is -5.66. The van der Waals surface area contributed by atoms with Gasteiger partial charge >= 0.3 is 23.9 Å². The summed E-state index contributed by atoms with van der Waals surface area (Å²) in [6.07, 6.45) is 0. The van der Waals surface area contributed by atoms with Crippen LogP contribution in [0.2, 0.25) is 10.0 Å². The second-order valence-electron chi connectivity index (χ2n) is 10.8. The summed E-state index contributed by atoms with van der Waals surface area (Å²) in [4.78, 5) is 75.4. The molecule has 4 rings (SSSR count). The Balaban J connectivity index is 1.48. The molecular weight excluding hydrogens is 693 g/mol. The molecule has 3 aromatic carbocycles. The summed E-state index contributed by atoms with van der Waals surface area (Å²) in [6.45, 7) is 2.27. The first kappa shape index (κ1) is 37.2. The molecule has 5 N–H and O–H groups in total. The SMILES string of the molecule is CC1=C(C(=O)OCCNC(=O)c2ccccc2C(=O)O)C(c2cccc(Cl)c2Cl)C(C(=O)OCCNC(=O)c2ccccc2C(=O)O)=C(C)N1. The summed E-state index contributed by atoms with van der Waals surface area (Å²) in [5.41, 5.74) is 0.490. The van der Waals surface area contributed by atoms with Crippen LogP contribution in [0.15, 0.2) is 89.3 Å². The molecule has 0 unspecified atom stereocenters. The summed E-state index contributed by atoms with van der Waals surface area (Å²) in [5, 5.41) is 27.0. The molecule has 0 bridgehead atoms. The maximum absolute atomic E-state index is 13.6. The van der Waals surface area contributed by atoms with Gasteiger partial charge in [-0.1, -0.05) is 59.6 Å². The molecule has 13 nitrogen and oxygen atoms in total. The van der Waals surface area contributed by atoms with E-state index in [2.05, 4.69) is 16.0 Å². The van der Waals surface area contributed by atoms with E-state index in [0.717, 1.165) is 0 Å². The van der Waals surface area contributed by atoms with Gasteiger partial charge in [-0.3, -0.25) is 9.59 Å². The molecule has 0 saturated heterocycles. The molecule has 1 aliphatic heterocycles. The van der Waals surface area contributed by atoms with Crippen LogP contribution in [0.1, 0.15) is 66.8 Å². The molecule has 0 atom stereocenters. The average molecular weight is 725 g/mol. The lowest BCUT2D eigenvalue weighted by atomic mass is 9.80. The van der Waals surface area contributed by atoms with Gasteiger partial charge in [-0.05, 0) is 49.7 Å². The Morgan fingerprint density at radius 2 is 1.08 bits per heavy atom. The fraction of sp³-hybridized carbons (Fsp3) is 0.200. The van der Waals surface area contributed by atoms with Crippen molar-refractivity contribution in [2.75, 3.05) is 26.3 Å². The van der Waals surface area contributed by atoms with Crippen LogP contribution < -0.4 is 16.0 Å². The van der Waals surface area contributed by atoms with Crippen LogP contribution >= 0.6 is 23.2 Å². The molecule has 0 fully saturated rings. The van der Waals surface area contributed by atoms with Crippen molar-refractivity contribution in [2.45, 2.75) is 19.8 Å². The van der Waals surface area contributed by atoms with Crippen molar-refractivity contribution in [3.05, 3.63) is 127 Å². The third kappa shape index (κ3) is 8.49. The quantitative estimate of drug-likeness (QED) is 0.122. The number of aromatic carboxylic acids is 2. The van der Waals surface area contributed by atoms with Crippen LogP contribution in [-0.2, 0) is 19.1 Å². The van der Waals surface area contributed by atoms with Gasteiger partial charge in [-0.15, -0.1) is 0 Å². The molecule has 3 aromatic rings. The lowest BCUT2D eigenvalue weighted by Gasteiger charge is -2.31. The average Bonchev–Trinajstić information content (AvgIpc) is 3.09. The predicted molar refractivity (Wildman–Crippen MR) is 181 cm³/mol. The van der Waals surface area contributed by atoms with Crippen LogP contribution in [0.5, 0.6) is 0 Å². The molecule has 0 spiro atoms. The molecule has 1 heterocycles. The number of carbonyl (C=O) groups is 6. The highest BCUT2D eigenvalue weighted by molar-refractivity contribution is 6.42. The number of allylic oxidation sites excluding steroid dienone is 2. The molecule has 1 aliphatic rings. The van der Waals surface area contributed by atoms with Crippen LogP contribution in [-0.4, -0.2) is 72.2 Å². The van der Waals surface area contributed by atoms with Crippen LogP contribution in [0, 0.1) is 0 Å². The number of benzene rings is 3. The maximum atomic E-state index is 13.6. The summed E-state index contributed by atoms with van der Waals surface area (Å²) < 4.78 is 11.0. The standard InChI is InChI=1S/C35H31Cl2N3O10/c1-18-26(34(47)49-16-14-38-30(41)20-8-3-5-10-22(20)32(43)44)28(24-12-7-13-25(36)29(24)37)27(19(2)40-18)35(48)50-17-15-39-31(42)21-9-4-6-11-23(21)33(45)46/h3-13,28,40H,14-17H2,1-2H3,(H,38,41)(H,39,42)(H,43,44)(H,45,46). The smallest absolute Gasteiger partial charge is 0.336 e. The third-order valence-corrected chi connectivity index (χ3v) is 8.37. The first-order valence-electron chi connectivity index (χ1n) is 15.0. The van der Waals surface area contributed by atoms with Gasteiger partial charge in [0.15, 0.2) is 0 Å². The fourth-order valence-corrected chi connectivity index (χ4v) is 5.70. The van der Waals surface area contributed by atoms with E-state index >= 15 is 0 Å². The number of carboxylic acids is 2. The molecule has 2 amide bonds. The number of hydrogen-bond acceptors (Lipinski definition) is 9. The van der Waals surface area contributed by atoms with Gasteiger partial charge in [-0.25, -0.2) is 19.2 Å². The highest BCUT2D eigenvalue weighted by Gasteiger charge is 2.39. The molecule has 0 radical (unpaired) electrons. The van der Waals surface area contributed by atoms with Crippen molar-refractivity contribution in [1.29, 1.82) is 0 Å². The molecular formula is C35H31Cl2N3O10. The Morgan fingerprint density at radius 1 is 0.660 bits per heavy atom.